The Hall–Kier alpha value is 0.126. The first-order valence-electron chi connectivity index (χ1n) is 6.18. The predicted molar refractivity (Wildman–Crippen MR) is 65.3 cm³/mol. The molecule has 0 aliphatic rings. The predicted octanol–water partition coefficient (Wildman–Crippen LogP) is -0.0247. The first-order valence-corrected chi connectivity index (χ1v) is 6.18. The number of aromatic carboxylic acids is 1. The van der Waals surface area contributed by atoms with E-state index < -0.39 is 5.97 Å². The monoisotopic (exact) mass is 274 g/mol. The third kappa shape index (κ3) is 6.34. The Morgan fingerprint density at radius 3 is 2.50 bits per heavy atom. The second kappa shape index (κ2) is 9.98. The maximum Gasteiger partial charge on any atom is 1.00 e. The number of rotatable bonds is 7. The molecule has 0 aromatic heterocycles. The standard InChI is InChI=1S/C14H20O3.K/c1-2-3-4-5-6-7-11-10-12(14(16)17)8-9-13(11)15;/h8-10,15H,2-7H2,1H3,(H,16,17);/q;+1/p-1. The summed E-state index contributed by atoms with van der Waals surface area (Å²) in [5, 5.41) is 20.4. The number of aryl methyl sites for hydroxylation is 1. The van der Waals surface area contributed by atoms with Crippen molar-refractivity contribution in [3.63, 3.8) is 0 Å². The van der Waals surface area contributed by atoms with Crippen LogP contribution in [0, 0.1) is 0 Å². The molecule has 18 heavy (non-hydrogen) atoms. The molecule has 4 heteroatoms. The fourth-order valence-electron chi connectivity index (χ4n) is 1.83. The van der Waals surface area contributed by atoms with E-state index in [2.05, 4.69) is 6.92 Å². The molecule has 94 valence electrons. The summed E-state index contributed by atoms with van der Waals surface area (Å²) in [6, 6.07) is 4.22. The van der Waals surface area contributed by atoms with Gasteiger partial charge in [0.15, 0.2) is 0 Å². The minimum absolute atomic E-state index is 0. The number of unbranched alkanes of at least 4 members (excludes halogenated alkanes) is 4. The molecular formula is C14H19KO3. The molecule has 0 radical (unpaired) electrons. The van der Waals surface area contributed by atoms with Gasteiger partial charge in [0.05, 0.1) is 5.56 Å². The number of carboxylic acids is 1. The van der Waals surface area contributed by atoms with Crippen LogP contribution in [0.3, 0.4) is 0 Å². The van der Waals surface area contributed by atoms with Gasteiger partial charge in [0.2, 0.25) is 0 Å². The third-order valence-corrected chi connectivity index (χ3v) is 2.86. The summed E-state index contributed by atoms with van der Waals surface area (Å²) in [6.45, 7) is 2.16. The van der Waals surface area contributed by atoms with E-state index in [1.807, 2.05) is 0 Å². The van der Waals surface area contributed by atoms with Gasteiger partial charge >= 0.3 is 57.4 Å². The second-order valence-electron chi connectivity index (χ2n) is 4.29. The van der Waals surface area contributed by atoms with Crippen molar-refractivity contribution in [3.05, 3.63) is 29.3 Å². The van der Waals surface area contributed by atoms with Gasteiger partial charge in [-0.1, -0.05) is 44.2 Å². The Morgan fingerprint density at radius 1 is 1.22 bits per heavy atom. The molecule has 0 spiro atoms. The summed E-state index contributed by atoms with van der Waals surface area (Å²) in [4.78, 5) is 10.8. The summed E-state index contributed by atoms with van der Waals surface area (Å²) >= 11 is 0. The van der Waals surface area contributed by atoms with Gasteiger partial charge in [-0.05, 0) is 25.0 Å². The number of hydrogen-bond acceptors (Lipinski definition) is 2. The minimum Gasteiger partial charge on any atom is -0.872 e. The van der Waals surface area contributed by atoms with Crippen LogP contribution in [0.1, 0.15) is 54.9 Å². The van der Waals surface area contributed by atoms with Crippen molar-refractivity contribution >= 4 is 5.97 Å². The molecule has 3 nitrogen and oxygen atoms in total. The van der Waals surface area contributed by atoms with E-state index in [1.54, 1.807) is 0 Å². The molecule has 0 unspecified atom stereocenters. The molecule has 1 aromatic carbocycles. The SMILES string of the molecule is CCCCCCCc1cc(C(=O)O)ccc1[O-].[K+]. The van der Waals surface area contributed by atoms with Gasteiger partial charge in [-0.25, -0.2) is 4.79 Å². The zero-order valence-corrected chi connectivity index (χ0v) is 14.4. The summed E-state index contributed by atoms with van der Waals surface area (Å²) in [7, 11) is 0. The molecule has 0 saturated carbocycles. The van der Waals surface area contributed by atoms with Gasteiger partial charge in [-0.2, -0.15) is 0 Å². The number of carbonyl (C=O) groups is 1. The summed E-state index contributed by atoms with van der Waals surface area (Å²) in [6.07, 6.45) is 6.34. The van der Waals surface area contributed by atoms with Crippen LogP contribution in [0.15, 0.2) is 18.2 Å². The van der Waals surface area contributed by atoms with Crippen LogP contribution in [-0.4, -0.2) is 11.1 Å². The van der Waals surface area contributed by atoms with E-state index in [1.165, 1.54) is 37.5 Å². The van der Waals surface area contributed by atoms with Crippen LogP contribution in [0.5, 0.6) is 5.75 Å². The van der Waals surface area contributed by atoms with Crippen molar-refractivity contribution in [2.75, 3.05) is 0 Å². The Balaban J connectivity index is 0.00000289. The van der Waals surface area contributed by atoms with Crippen LogP contribution in [-0.2, 0) is 6.42 Å². The molecule has 0 heterocycles. The van der Waals surface area contributed by atoms with Crippen LogP contribution in [0.4, 0.5) is 0 Å². The van der Waals surface area contributed by atoms with E-state index in [9.17, 15) is 9.90 Å². The number of benzene rings is 1. The van der Waals surface area contributed by atoms with Crippen molar-refractivity contribution in [2.45, 2.75) is 45.4 Å². The van der Waals surface area contributed by atoms with Gasteiger partial charge < -0.3 is 10.2 Å². The molecule has 1 N–H and O–H groups in total. The molecule has 0 saturated heterocycles. The van der Waals surface area contributed by atoms with Gasteiger partial charge in [-0.15, -0.1) is 5.75 Å². The van der Waals surface area contributed by atoms with Gasteiger partial charge in [0.25, 0.3) is 0 Å². The molecule has 1 aromatic rings. The van der Waals surface area contributed by atoms with Crippen molar-refractivity contribution in [1.29, 1.82) is 0 Å². The van der Waals surface area contributed by atoms with Crippen LogP contribution >= 0.6 is 0 Å². The Kier molecular flexibility index (Phi) is 10.0. The smallest absolute Gasteiger partial charge is 0.872 e. The quantitative estimate of drug-likeness (QED) is 0.561. The molecule has 0 atom stereocenters. The maximum atomic E-state index is 11.5. The molecular weight excluding hydrogens is 255 g/mol. The zero-order valence-electron chi connectivity index (χ0n) is 11.2. The number of hydrogen-bond donors (Lipinski definition) is 1. The van der Waals surface area contributed by atoms with Crippen LogP contribution in [0.25, 0.3) is 0 Å². The van der Waals surface area contributed by atoms with Gasteiger partial charge in [0.1, 0.15) is 0 Å². The fourth-order valence-corrected chi connectivity index (χ4v) is 1.83. The first-order chi connectivity index (χ1) is 8.15. The zero-order chi connectivity index (χ0) is 12.7. The van der Waals surface area contributed by atoms with E-state index in [0.29, 0.717) is 12.0 Å². The van der Waals surface area contributed by atoms with Gasteiger partial charge in [0, 0.05) is 0 Å². The van der Waals surface area contributed by atoms with Crippen molar-refractivity contribution in [3.8, 4) is 5.75 Å². The Labute approximate surface area is 151 Å². The third-order valence-electron chi connectivity index (χ3n) is 2.86. The minimum atomic E-state index is -0.975. The normalized spacial score (nSPS) is 9.83. The molecule has 0 amide bonds. The Morgan fingerprint density at radius 2 is 1.89 bits per heavy atom. The maximum absolute atomic E-state index is 11.5. The average Bonchev–Trinajstić information content (AvgIpc) is 2.30. The molecule has 0 aliphatic carbocycles. The van der Waals surface area contributed by atoms with Gasteiger partial charge in [-0.3, -0.25) is 0 Å². The van der Waals surface area contributed by atoms with E-state index >= 15 is 0 Å². The molecule has 1 rings (SSSR count). The van der Waals surface area contributed by atoms with Crippen molar-refractivity contribution in [2.24, 2.45) is 0 Å². The average molecular weight is 274 g/mol. The topological polar surface area (TPSA) is 60.4 Å². The second-order valence-corrected chi connectivity index (χ2v) is 4.29. The van der Waals surface area contributed by atoms with Crippen molar-refractivity contribution < 1.29 is 66.4 Å². The number of carboxylic acid groups (broad SMARTS) is 1. The molecule has 0 bridgehead atoms. The first kappa shape index (κ1) is 18.1. The van der Waals surface area contributed by atoms with Crippen molar-refractivity contribution in [1.82, 2.24) is 0 Å². The molecule has 0 fully saturated rings. The molecule has 0 aliphatic heterocycles. The summed E-state index contributed by atoms with van der Waals surface area (Å²) < 4.78 is 0. The van der Waals surface area contributed by atoms with E-state index in [0.717, 1.165) is 12.8 Å². The van der Waals surface area contributed by atoms with E-state index in [-0.39, 0.29) is 62.7 Å². The largest absolute Gasteiger partial charge is 1.00 e. The fraction of sp³-hybridized carbons (Fsp3) is 0.500. The van der Waals surface area contributed by atoms with Crippen LogP contribution in [0.2, 0.25) is 0 Å². The summed E-state index contributed by atoms with van der Waals surface area (Å²) in [5.41, 5.74) is 0.828. The van der Waals surface area contributed by atoms with E-state index in [4.69, 9.17) is 5.11 Å². The Bertz CT molecular complexity index is 377. The summed E-state index contributed by atoms with van der Waals surface area (Å²) in [5.74, 6) is -1.03. The van der Waals surface area contributed by atoms with Crippen LogP contribution < -0.4 is 56.5 Å².